The van der Waals surface area contributed by atoms with E-state index in [1.165, 1.54) is 17.5 Å². The highest BCUT2D eigenvalue weighted by atomic mass is 16.4. The minimum atomic E-state index is -0.739. The second-order valence-electron chi connectivity index (χ2n) is 5.36. The molecule has 1 unspecified atom stereocenters. The maximum absolute atomic E-state index is 11.0. The zero-order chi connectivity index (χ0) is 13.2. The molecule has 98 valence electrons. The summed E-state index contributed by atoms with van der Waals surface area (Å²) in [5.41, 5.74) is 2.38. The molecule has 1 aromatic carbocycles. The van der Waals surface area contributed by atoms with Gasteiger partial charge in [-0.3, -0.25) is 9.69 Å². The SMILES string of the molecule is Cc1ccccc1C1(C)CCCCN1CC(=O)O. The molecule has 0 saturated carbocycles. The molecule has 0 aliphatic carbocycles. The van der Waals surface area contributed by atoms with Crippen molar-refractivity contribution in [2.24, 2.45) is 0 Å². The number of aryl methyl sites for hydroxylation is 1. The molecular weight excluding hydrogens is 226 g/mol. The molecule has 1 aliphatic heterocycles. The van der Waals surface area contributed by atoms with E-state index in [9.17, 15) is 4.79 Å². The average Bonchev–Trinajstić information content (AvgIpc) is 2.32. The third kappa shape index (κ3) is 2.41. The van der Waals surface area contributed by atoms with Gasteiger partial charge in [0.1, 0.15) is 0 Å². The van der Waals surface area contributed by atoms with Crippen molar-refractivity contribution >= 4 is 5.97 Å². The number of piperidine rings is 1. The highest BCUT2D eigenvalue weighted by molar-refractivity contribution is 5.69. The van der Waals surface area contributed by atoms with Crippen molar-refractivity contribution < 1.29 is 9.90 Å². The van der Waals surface area contributed by atoms with E-state index in [-0.39, 0.29) is 12.1 Å². The molecule has 1 aromatic rings. The van der Waals surface area contributed by atoms with E-state index in [1.54, 1.807) is 0 Å². The van der Waals surface area contributed by atoms with Crippen LogP contribution in [0.3, 0.4) is 0 Å². The van der Waals surface area contributed by atoms with Gasteiger partial charge in [0, 0.05) is 5.54 Å². The van der Waals surface area contributed by atoms with Gasteiger partial charge in [0.25, 0.3) is 0 Å². The summed E-state index contributed by atoms with van der Waals surface area (Å²) in [4.78, 5) is 13.1. The van der Waals surface area contributed by atoms with Gasteiger partial charge in [-0.2, -0.15) is 0 Å². The van der Waals surface area contributed by atoms with Crippen molar-refractivity contribution in [3.8, 4) is 0 Å². The molecule has 0 aromatic heterocycles. The molecule has 2 rings (SSSR count). The molecule has 0 bridgehead atoms. The van der Waals surface area contributed by atoms with Crippen molar-refractivity contribution in [2.75, 3.05) is 13.1 Å². The van der Waals surface area contributed by atoms with Crippen LogP contribution in [0.25, 0.3) is 0 Å². The summed E-state index contributed by atoms with van der Waals surface area (Å²) in [6.45, 7) is 5.29. The van der Waals surface area contributed by atoms with E-state index < -0.39 is 5.97 Å². The largest absolute Gasteiger partial charge is 0.480 e. The fourth-order valence-corrected chi connectivity index (χ4v) is 3.08. The van der Waals surface area contributed by atoms with Crippen molar-refractivity contribution in [2.45, 2.75) is 38.6 Å². The van der Waals surface area contributed by atoms with Gasteiger partial charge >= 0.3 is 5.97 Å². The van der Waals surface area contributed by atoms with E-state index >= 15 is 0 Å². The van der Waals surface area contributed by atoms with E-state index in [0.717, 1.165) is 19.4 Å². The Morgan fingerprint density at radius 3 is 2.78 bits per heavy atom. The molecule has 0 radical (unpaired) electrons. The zero-order valence-electron chi connectivity index (χ0n) is 11.1. The summed E-state index contributed by atoms with van der Waals surface area (Å²) in [5, 5.41) is 9.07. The first kappa shape index (κ1) is 13.1. The van der Waals surface area contributed by atoms with Crippen LogP contribution in [0.1, 0.15) is 37.3 Å². The predicted molar refractivity (Wildman–Crippen MR) is 71.6 cm³/mol. The number of hydrogen-bond acceptors (Lipinski definition) is 2. The topological polar surface area (TPSA) is 40.5 Å². The van der Waals surface area contributed by atoms with Crippen LogP contribution in [0.5, 0.6) is 0 Å². The van der Waals surface area contributed by atoms with Crippen LogP contribution in [-0.2, 0) is 10.3 Å². The molecule has 1 N–H and O–H groups in total. The Kier molecular flexibility index (Phi) is 3.71. The Morgan fingerprint density at radius 2 is 2.11 bits per heavy atom. The van der Waals surface area contributed by atoms with Crippen LogP contribution in [0.15, 0.2) is 24.3 Å². The number of carbonyl (C=O) groups is 1. The van der Waals surface area contributed by atoms with Crippen LogP contribution in [0, 0.1) is 6.92 Å². The molecule has 1 saturated heterocycles. The average molecular weight is 247 g/mol. The van der Waals surface area contributed by atoms with Gasteiger partial charge in [-0.1, -0.05) is 30.7 Å². The Balaban J connectivity index is 2.36. The van der Waals surface area contributed by atoms with Crippen LogP contribution in [-0.4, -0.2) is 29.1 Å². The van der Waals surface area contributed by atoms with Crippen molar-refractivity contribution in [1.82, 2.24) is 4.90 Å². The predicted octanol–water partition coefficient (Wildman–Crippen LogP) is 2.78. The van der Waals surface area contributed by atoms with Crippen molar-refractivity contribution in [3.63, 3.8) is 0 Å². The molecule has 1 fully saturated rings. The Bertz CT molecular complexity index is 444. The molecule has 1 atom stereocenters. The van der Waals surface area contributed by atoms with Crippen LogP contribution < -0.4 is 0 Å². The number of benzene rings is 1. The fourth-order valence-electron chi connectivity index (χ4n) is 3.08. The highest BCUT2D eigenvalue weighted by Gasteiger charge is 2.37. The van der Waals surface area contributed by atoms with Crippen LogP contribution in [0.4, 0.5) is 0 Å². The Hall–Kier alpha value is -1.35. The van der Waals surface area contributed by atoms with E-state index in [0.29, 0.717) is 0 Å². The van der Waals surface area contributed by atoms with Gasteiger partial charge in [-0.25, -0.2) is 0 Å². The number of carboxylic acid groups (broad SMARTS) is 1. The van der Waals surface area contributed by atoms with E-state index in [4.69, 9.17) is 5.11 Å². The Morgan fingerprint density at radius 1 is 1.39 bits per heavy atom. The maximum atomic E-state index is 11.0. The van der Waals surface area contributed by atoms with Crippen LogP contribution >= 0.6 is 0 Å². The quantitative estimate of drug-likeness (QED) is 0.893. The van der Waals surface area contributed by atoms with Gasteiger partial charge < -0.3 is 5.11 Å². The van der Waals surface area contributed by atoms with Gasteiger partial charge in [0.15, 0.2) is 0 Å². The van der Waals surface area contributed by atoms with Crippen LogP contribution in [0.2, 0.25) is 0 Å². The number of aliphatic carboxylic acids is 1. The lowest BCUT2D eigenvalue weighted by Gasteiger charge is -2.45. The summed E-state index contributed by atoms with van der Waals surface area (Å²) >= 11 is 0. The first-order valence-electron chi connectivity index (χ1n) is 6.57. The molecule has 3 heteroatoms. The number of hydrogen-bond donors (Lipinski definition) is 1. The summed E-state index contributed by atoms with van der Waals surface area (Å²) < 4.78 is 0. The van der Waals surface area contributed by atoms with Crippen molar-refractivity contribution in [3.05, 3.63) is 35.4 Å². The number of likely N-dealkylation sites (tertiary alicyclic amines) is 1. The highest BCUT2D eigenvalue weighted by Crippen LogP contribution is 2.38. The summed E-state index contributed by atoms with van der Waals surface area (Å²) in [6.07, 6.45) is 3.29. The molecular formula is C15H21NO2. The maximum Gasteiger partial charge on any atom is 0.317 e. The van der Waals surface area contributed by atoms with E-state index in [1.807, 2.05) is 12.1 Å². The molecule has 0 spiro atoms. The molecule has 1 heterocycles. The molecule has 1 aliphatic rings. The summed E-state index contributed by atoms with van der Waals surface area (Å²) in [7, 11) is 0. The van der Waals surface area contributed by atoms with Gasteiger partial charge in [0.2, 0.25) is 0 Å². The third-order valence-electron chi connectivity index (χ3n) is 4.09. The second kappa shape index (κ2) is 5.11. The second-order valence-corrected chi connectivity index (χ2v) is 5.36. The minimum Gasteiger partial charge on any atom is -0.480 e. The summed E-state index contributed by atoms with van der Waals surface area (Å²) in [6, 6.07) is 8.32. The van der Waals surface area contributed by atoms with Gasteiger partial charge in [-0.15, -0.1) is 0 Å². The monoisotopic (exact) mass is 247 g/mol. The number of rotatable bonds is 3. The first-order chi connectivity index (χ1) is 8.54. The minimum absolute atomic E-state index is 0.130. The number of carboxylic acids is 1. The van der Waals surface area contributed by atoms with E-state index in [2.05, 4.69) is 30.9 Å². The lowest BCUT2D eigenvalue weighted by atomic mass is 9.80. The number of nitrogens with zero attached hydrogens (tertiary/aromatic N) is 1. The van der Waals surface area contributed by atoms with Gasteiger partial charge in [0.05, 0.1) is 6.54 Å². The molecule has 0 amide bonds. The van der Waals surface area contributed by atoms with Gasteiger partial charge in [-0.05, 0) is 44.4 Å². The fraction of sp³-hybridized carbons (Fsp3) is 0.533. The first-order valence-corrected chi connectivity index (χ1v) is 6.57. The zero-order valence-corrected chi connectivity index (χ0v) is 11.1. The standard InChI is InChI=1S/C15H21NO2/c1-12-7-3-4-8-13(12)15(2)9-5-6-10-16(15)11-14(17)18/h3-4,7-8H,5-6,9-11H2,1-2H3,(H,17,18). The molecule has 18 heavy (non-hydrogen) atoms. The molecule has 3 nitrogen and oxygen atoms in total. The Labute approximate surface area is 108 Å². The lowest BCUT2D eigenvalue weighted by Crippen LogP contribution is -2.49. The normalized spacial score (nSPS) is 25.0. The summed E-state index contributed by atoms with van der Waals surface area (Å²) in [5.74, 6) is -0.739. The lowest BCUT2D eigenvalue weighted by molar-refractivity contribution is -0.140. The van der Waals surface area contributed by atoms with Crippen molar-refractivity contribution in [1.29, 1.82) is 0 Å². The third-order valence-corrected chi connectivity index (χ3v) is 4.09. The smallest absolute Gasteiger partial charge is 0.317 e.